The number of benzene rings is 1. The van der Waals surface area contributed by atoms with Crippen LogP contribution < -0.4 is 10.2 Å². The van der Waals surface area contributed by atoms with E-state index in [1.807, 2.05) is 31.2 Å². The van der Waals surface area contributed by atoms with E-state index in [0.717, 1.165) is 10.2 Å². The molecule has 4 nitrogen and oxygen atoms in total. The van der Waals surface area contributed by atoms with Gasteiger partial charge in [0.25, 0.3) is 5.91 Å². The Labute approximate surface area is 121 Å². The first-order chi connectivity index (χ1) is 8.88. The predicted molar refractivity (Wildman–Crippen MR) is 77.9 cm³/mol. The van der Waals surface area contributed by atoms with Crippen molar-refractivity contribution in [1.29, 1.82) is 0 Å². The maximum Gasteiger partial charge on any atom is 0.252 e. The molecule has 0 spiro atoms. The molecule has 0 bridgehead atoms. The van der Waals surface area contributed by atoms with Gasteiger partial charge < -0.3 is 5.32 Å². The molecule has 2 amide bonds. The molecule has 1 unspecified atom stereocenters. The van der Waals surface area contributed by atoms with E-state index < -0.39 is 11.6 Å². The van der Waals surface area contributed by atoms with E-state index >= 15 is 0 Å². The van der Waals surface area contributed by atoms with E-state index in [1.165, 1.54) is 0 Å². The molecule has 1 saturated heterocycles. The third-order valence-corrected chi connectivity index (χ3v) is 3.97. The zero-order valence-electron chi connectivity index (χ0n) is 11.2. The van der Waals surface area contributed by atoms with E-state index in [-0.39, 0.29) is 11.8 Å². The number of hydrogen-bond donors (Lipinski definition) is 1. The first kappa shape index (κ1) is 14.1. The number of halogens is 1. The van der Waals surface area contributed by atoms with Gasteiger partial charge in [0.1, 0.15) is 11.6 Å². The monoisotopic (exact) mass is 324 g/mol. The molecule has 5 heteroatoms. The van der Waals surface area contributed by atoms with Gasteiger partial charge in [-0.1, -0.05) is 19.1 Å². The number of para-hydroxylation sites is 1. The third-order valence-electron chi connectivity index (χ3n) is 3.30. The fraction of sp³-hybridized carbons (Fsp3) is 0.429. The zero-order valence-corrected chi connectivity index (χ0v) is 12.8. The number of amides is 2. The van der Waals surface area contributed by atoms with E-state index in [4.69, 9.17) is 0 Å². The largest absolute Gasteiger partial charge is 0.340 e. The lowest BCUT2D eigenvalue weighted by Crippen LogP contribution is -2.68. The summed E-state index contributed by atoms with van der Waals surface area (Å²) >= 11 is 3.45. The minimum Gasteiger partial charge on any atom is -0.340 e. The lowest BCUT2D eigenvalue weighted by Gasteiger charge is -2.42. The Morgan fingerprint density at radius 3 is 2.53 bits per heavy atom. The van der Waals surface area contributed by atoms with Crippen molar-refractivity contribution in [3.05, 3.63) is 28.7 Å². The summed E-state index contributed by atoms with van der Waals surface area (Å²) in [6.45, 7) is 5.35. The standard InChI is InChI=1S/C14H17BrN2O2/c1-4-10-12(18)16-14(2,3)13(19)17(10)11-8-6-5-7-9(11)15/h5-8,10H,4H2,1-3H3,(H,16,18). The summed E-state index contributed by atoms with van der Waals surface area (Å²) < 4.78 is 0.812. The van der Waals surface area contributed by atoms with Crippen molar-refractivity contribution >= 4 is 33.4 Å². The summed E-state index contributed by atoms with van der Waals surface area (Å²) in [4.78, 5) is 26.4. The van der Waals surface area contributed by atoms with Crippen LogP contribution in [-0.2, 0) is 9.59 Å². The molecular formula is C14H17BrN2O2. The van der Waals surface area contributed by atoms with Gasteiger partial charge in [-0.25, -0.2) is 0 Å². The van der Waals surface area contributed by atoms with Crippen LogP contribution in [0.1, 0.15) is 27.2 Å². The topological polar surface area (TPSA) is 49.4 Å². The number of nitrogens with one attached hydrogen (secondary N) is 1. The normalized spacial score (nSPS) is 22.3. The highest BCUT2D eigenvalue weighted by molar-refractivity contribution is 9.10. The van der Waals surface area contributed by atoms with Crippen molar-refractivity contribution in [2.45, 2.75) is 38.8 Å². The van der Waals surface area contributed by atoms with Crippen molar-refractivity contribution < 1.29 is 9.59 Å². The highest BCUT2D eigenvalue weighted by Gasteiger charge is 2.45. The molecule has 1 aliphatic heterocycles. The number of carbonyl (C=O) groups excluding carboxylic acids is 2. The van der Waals surface area contributed by atoms with Gasteiger partial charge in [0, 0.05) is 4.47 Å². The molecule has 1 atom stereocenters. The quantitative estimate of drug-likeness (QED) is 0.908. The van der Waals surface area contributed by atoms with Crippen LogP contribution in [0.25, 0.3) is 0 Å². The number of hydrogen-bond acceptors (Lipinski definition) is 2. The fourth-order valence-electron chi connectivity index (χ4n) is 2.30. The third kappa shape index (κ3) is 2.39. The van der Waals surface area contributed by atoms with Gasteiger partial charge in [0.05, 0.1) is 5.69 Å². The summed E-state index contributed by atoms with van der Waals surface area (Å²) in [7, 11) is 0. The van der Waals surface area contributed by atoms with Crippen LogP contribution in [0.5, 0.6) is 0 Å². The van der Waals surface area contributed by atoms with Gasteiger partial charge in [0.15, 0.2) is 0 Å². The van der Waals surface area contributed by atoms with Gasteiger partial charge in [-0.15, -0.1) is 0 Å². The zero-order chi connectivity index (χ0) is 14.2. The minimum absolute atomic E-state index is 0.0918. The lowest BCUT2D eigenvalue weighted by atomic mass is 9.95. The molecule has 1 aromatic rings. The minimum atomic E-state index is -0.877. The van der Waals surface area contributed by atoms with E-state index in [1.54, 1.807) is 18.7 Å². The molecule has 1 heterocycles. The SMILES string of the molecule is CCC1C(=O)NC(C)(C)C(=O)N1c1ccccc1Br. The Balaban J connectivity index is 2.53. The van der Waals surface area contributed by atoms with Gasteiger partial charge in [0.2, 0.25) is 5.91 Å². The van der Waals surface area contributed by atoms with Gasteiger partial charge >= 0.3 is 0 Å². The summed E-state index contributed by atoms with van der Waals surface area (Å²) in [5.74, 6) is -0.200. The number of piperazine rings is 1. The molecule has 1 aromatic carbocycles. The number of rotatable bonds is 2. The highest BCUT2D eigenvalue weighted by Crippen LogP contribution is 2.32. The maximum atomic E-state index is 12.6. The Kier molecular flexibility index (Phi) is 3.67. The molecule has 0 saturated carbocycles. The van der Waals surface area contributed by atoms with E-state index in [2.05, 4.69) is 21.2 Å². The van der Waals surface area contributed by atoms with Crippen molar-refractivity contribution in [2.24, 2.45) is 0 Å². The average molecular weight is 325 g/mol. The molecule has 19 heavy (non-hydrogen) atoms. The molecule has 102 valence electrons. The van der Waals surface area contributed by atoms with Gasteiger partial charge in [-0.2, -0.15) is 0 Å². The smallest absolute Gasteiger partial charge is 0.252 e. The first-order valence-corrected chi connectivity index (χ1v) is 7.08. The summed E-state index contributed by atoms with van der Waals surface area (Å²) in [6, 6.07) is 7.00. The lowest BCUT2D eigenvalue weighted by molar-refractivity contribution is -0.137. The number of nitrogens with zero attached hydrogens (tertiary/aromatic N) is 1. The highest BCUT2D eigenvalue weighted by atomic mass is 79.9. The van der Waals surface area contributed by atoms with Gasteiger partial charge in [-0.3, -0.25) is 14.5 Å². The van der Waals surface area contributed by atoms with Crippen LogP contribution >= 0.6 is 15.9 Å². The first-order valence-electron chi connectivity index (χ1n) is 6.28. The van der Waals surface area contributed by atoms with Crippen molar-refractivity contribution in [3.8, 4) is 0 Å². The van der Waals surface area contributed by atoms with Crippen LogP contribution in [0.15, 0.2) is 28.7 Å². The maximum absolute atomic E-state index is 12.6. The second kappa shape index (κ2) is 4.96. The van der Waals surface area contributed by atoms with Crippen molar-refractivity contribution in [3.63, 3.8) is 0 Å². The molecule has 1 aliphatic rings. The molecular weight excluding hydrogens is 308 g/mol. The molecule has 0 radical (unpaired) electrons. The predicted octanol–water partition coefficient (Wildman–Crippen LogP) is 2.47. The summed E-state index contributed by atoms with van der Waals surface area (Å²) in [6.07, 6.45) is 0.578. The molecule has 0 aromatic heterocycles. The molecule has 2 rings (SSSR count). The Bertz CT molecular complexity index is 528. The van der Waals surface area contributed by atoms with E-state index in [9.17, 15) is 9.59 Å². The number of anilines is 1. The Morgan fingerprint density at radius 1 is 1.32 bits per heavy atom. The molecule has 1 fully saturated rings. The van der Waals surface area contributed by atoms with Crippen LogP contribution in [0.2, 0.25) is 0 Å². The Hall–Kier alpha value is -1.36. The van der Waals surface area contributed by atoms with Crippen LogP contribution in [0.4, 0.5) is 5.69 Å². The Morgan fingerprint density at radius 2 is 1.95 bits per heavy atom. The van der Waals surface area contributed by atoms with Gasteiger partial charge in [-0.05, 0) is 48.3 Å². The fourth-order valence-corrected chi connectivity index (χ4v) is 2.77. The van der Waals surface area contributed by atoms with Crippen LogP contribution in [-0.4, -0.2) is 23.4 Å². The summed E-state index contributed by atoms with van der Waals surface area (Å²) in [5, 5.41) is 2.78. The van der Waals surface area contributed by atoms with Crippen LogP contribution in [0, 0.1) is 0 Å². The molecule has 1 N–H and O–H groups in total. The molecule has 0 aliphatic carbocycles. The van der Waals surface area contributed by atoms with E-state index in [0.29, 0.717) is 6.42 Å². The van der Waals surface area contributed by atoms with Crippen molar-refractivity contribution in [2.75, 3.05) is 4.90 Å². The second-order valence-electron chi connectivity index (χ2n) is 5.16. The summed E-state index contributed by atoms with van der Waals surface area (Å²) in [5.41, 5.74) is -0.139. The van der Waals surface area contributed by atoms with Crippen molar-refractivity contribution in [1.82, 2.24) is 5.32 Å². The second-order valence-corrected chi connectivity index (χ2v) is 6.02. The van der Waals surface area contributed by atoms with Crippen LogP contribution in [0.3, 0.4) is 0 Å². The average Bonchev–Trinajstić information content (AvgIpc) is 2.34. The number of carbonyl (C=O) groups is 2.